The van der Waals surface area contributed by atoms with Gasteiger partial charge in [0.15, 0.2) is 19.5 Å². The second kappa shape index (κ2) is 8.42. The molecule has 0 radical (unpaired) electrons. The Morgan fingerprint density at radius 3 is 1.47 bits per heavy atom. The third-order valence-corrected chi connectivity index (χ3v) is 5.87. The van der Waals surface area contributed by atoms with Gasteiger partial charge < -0.3 is 14.2 Å². The molecule has 0 atom stereocenters. The topological polar surface area (TPSA) is 30.5 Å². The molecule has 0 saturated carbocycles. The van der Waals surface area contributed by atoms with E-state index in [1.165, 1.54) is 12.8 Å². The lowest BCUT2D eigenvalue weighted by Gasteiger charge is -2.25. The van der Waals surface area contributed by atoms with E-state index in [4.69, 9.17) is 8.85 Å². The van der Waals surface area contributed by atoms with Gasteiger partial charge in [-0.25, -0.2) is 0 Å². The van der Waals surface area contributed by atoms with Gasteiger partial charge in [-0.2, -0.15) is 0 Å². The molecule has 0 amide bonds. The lowest BCUT2D eigenvalue weighted by molar-refractivity contribution is 0.390. The summed E-state index contributed by atoms with van der Waals surface area (Å²) in [5.41, 5.74) is 0. The molecular formula is C12H31NO2Si2. The average Bonchev–Trinajstić information content (AvgIpc) is 2.16. The average molecular weight is 278 g/mol. The van der Waals surface area contributed by atoms with Gasteiger partial charge in [-0.05, 0) is 36.0 Å². The van der Waals surface area contributed by atoms with Crippen molar-refractivity contribution in [3.05, 3.63) is 0 Å². The number of nitrogens with one attached hydrogen (secondary N) is 1. The van der Waals surface area contributed by atoms with Crippen molar-refractivity contribution in [2.24, 2.45) is 0 Å². The summed E-state index contributed by atoms with van der Waals surface area (Å²) in [4.78, 5) is 0. The fourth-order valence-corrected chi connectivity index (χ4v) is 4.11. The van der Waals surface area contributed by atoms with Gasteiger partial charge in [-0.1, -0.05) is 27.7 Å². The third-order valence-electron chi connectivity index (χ3n) is 3.03. The number of rotatable bonds is 10. The van der Waals surface area contributed by atoms with Gasteiger partial charge in [0.2, 0.25) is 0 Å². The SMILES string of the molecule is CO[SiH2]C(C)(C)CCNCCC(C)(C)[SiH2]OC. The van der Waals surface area contributed by atoms with Crippen molar-refractivity contribution in [1.82, 2.24) is 5.32 Å². The van der Waals surface area contributed by atoms with E-state index in [1.807, 2.05) is 14.2 Å². The van der Waals surface area contributed by atoms with Crippen molar-refractivity contribution in [2.75, 3.05) is 27.3 Å². The van der Waals surface area contributed by atoms with Crippen LogP contribution in [0.4, 0.5) is 0 Å². The van der Waals surface area contributed by atoms with E-state index < -0.39 is 0 Å². The Bertz CT molecular complexity index is 179. The zero-order chi connectivity index (χ0) is 13.4. The summed E-state index contributed by atoms with van der Waals surface area (Å²) in [6.07, 6.45) is 2.43. The molecular weight excluding hydrogens is 246 g/mol. The predicted octanol–water partition coefficient (Wildman–Crippen LogP) is 1.21. The van der Waals surface area contributed by atoms with E-state index in [0.29, 0.717) is 10.1 Å². The Balaban J connectivity index is 3.58. The van der Waals surface area contributed by atoms with Gasteiger partial charge >= 0.3 is 0 Å². The van der Waals surface area contributed by atoms with Crippen LogP contribution < -0.4 is 5.32 Å². The molecule has 0 aromatic rings. The van der Waals surface area contributed by atoms with Crippen LogP contribution in [0.15, 0.2) is 0 Å². The van der Waals surface area contributed by atoms with Crippen molar-refractivity contribution >= 4 is 19.5 Å². The minimum absolute atomic E-state index is 0.373. The van der Waals surface area contributed by atoms with Crippen LogP contribution in [-0.2, 0) is 8.85 Å². The van der Waals surface area contributed by atoms with E-state index in [-0.39, 0.29) is 19.5 Å². The molecule has 0 aromatic carbocycles. The predicted molar refractivity (Wildman–Crippen MR) is 81.3 cm³/mol. The first-order valence-corrected chi connectivity index (χ1v) is 9.08. The molecule has 0 fully saturated rings. The molecule has 0 aliphatic heterocycles. The smallest absolute Gasteiger partial charge is 0.166 e. The number of hydrogen-bond donors (Lipinski definition) is 1. The highest BCUT2D eigenvalue weighted by Gasteiger charge is 2.19. The van der Waals surface area contributed by atoms with Crippen molar-refractivity contribution in [3.63, 3.8) is 0 Å². The zero-order valence-electron chi connectivity index (χ0n) is 12.6. The van der Waals surface area contributed by atoms with E-state index in [0.717, 1.165) is 13.1 Å². The minimum atomic E-state index is -0.373. The van der Waals surface area contributed by atoms with Crippen molar-refractivity contribution in [3.8, 4) is 0 Å². The molecule has 0 spiro atoms. The second-order valence-corrected chi connectivity index (χ2v) is 12.0. The van der Waals surface area contributed by atoms with E-state index in [2.05, 4.69) is 33.0 Å². The Hall–Kier alpha value is 0.314. The molecule has 0 unspecified atom stereocenters. The lowest BCUT2D eigenvalue weighted by Crippen LogP contribution is -2.27. The van der Waals surface area contributed by atoms with Gasteiger partial charge in [0.25, 0.3) is 0 Å². The molecule has 3 nitrogen and oxygen atoms in total. The monoisotopic (exact) mass is 277 g/mol. The van der Waals surface area contributed by atoms with Crippen molar-refractivity contribution in [2.45, 2.75) is 50.6 Å². The first-order valence-electron chi connectivity index (χ1n) is 6.52. The standard InChI is InChI=1S/C12H31NO2Si2/c1-11(2,16-14-5)7-9-13-10-8-12(3,4)17-15-6/h13H,7-10,16-17H2,1-6H3. The Kier molecular flexibility index (Phi) is 8.58. The van der Waals surface area contributed by atoms with Gasteiger partial charge in [0.1, 0.15) is 0 Å². The molecule has 0 aromatic heterocycles. The highest BCUT2D eigenvalue weighted by molar-refractivity contribution is 6.32. The largest absolute Gasteiger partial charge is 0.427 e. The molecule has 0 aliphatic rings. The van der Waals surface area contributed by atoms with Gasteiger partial charge in [-0.15, -0.1) is 0 Å². The van der Waals surface area contributed by atoms with Gasteiger partial charge in [0, 0.05) is 14.2 Å². The summed E-state index contributed by atoms with van der Waals surface area (Å²) in [7, 11) is 2.92. The molecule has 5 heteroatoms. The van der Waals surface area contributed by atoms with Gasteiger partial charge in [0.05, 0.1) is 0 Å². The summed E-state index contributed by atoms with van der Waals surface area (Å²) in [6.45, 7) is 11.5. The lowest BCUT2D eigenvalue weighted by atomic mass is 10.1. The van der Waals surface area contributed by atoms with Crippen LogP contribution in [0, 0.1) is 0 Å². The molecule has 0 heterocycles. The van der Waals surface area contributed by atoms with Crippen LogP contribution in [0.1, 0.15) is 40.5 Å². The van der Waals surface area contributed by atoms with E-state index in [1.54, 1.807) is 0 Å². The number of hydrogen-bond acceptors (Lipinski definition) is 3. The highest BCUT2D eigenvalue weighted by atomic mass is 28.2. The highest BCUT2D eigenvalue weighted by Crippen LogP contribution is 2.28. The molecule has 0 saturated heterocycles. The van der Waals surface area contributed by atoms with Crippen LogP contribution in [0.2, 0.25) is 10.1 Å². The first-order chi connectivity index (χ1) is 7.83. The first kappa shape index (κ1) is 17.3. The molecule has 0 aliphatic carbocycles. The molecule has 104 valence electrons. The van der Waals surface area contributed by atoms with Crippen LogP contribution in [0.3, 0.4) is 0 Å². The van der Waals surface area contributed by atoms with Crippen LogP contribution in [-0.4, -0.2) is 46.8 Å². The van der Waals surface area contributed by atoms with E-state index in [9.17, 15) is 0 Å². The van der Waals surface area contributed by atoms with E-state index >= 15 is 0 Å². The maximum absolute atomic E-state index is 5.35. The normalized spacial score (nSPS) is 14.5. The maximum atomic E-state index is 5.35. The fraction of sp³-hybridized carbons (Fsp3) is 1.00. The maximum Gasteiger partial charge on any atom is 0.166 e. The van der Waals surface area contributed by atoms with Crippen molar-refractivity contribution < 1.29 is 8.85 Å². The molecule has 17 heavy (non-hydrogen) atoms. The Morgan fingerprint density at radius 1 is 0.824 bits per heavy atom. The van der Waals surface area contributed by atoms with Crippen LogP contribution in [0.5, 0.6) is 0 Å². The summed E-state index contributed by atoms with van der Waals surface area (Å²) in [6, 6.07) is 0. The molecule has 0 rings (SSSR count). The van der Waals surface area contributed by atoms with Crippen LogP contribution in [0.25, 0.3) is 0 Å². The summed E-state index contributed by atoms with van der Waals surface area (Å²) < 4.78 is 10.7. The third kappa shape index (κ3) is 9.97. The van der Waals surface area contributed by atoms with Crippen LogP contribution >= 0.6 is 0 Å². The summed E-state index contributed by atoms with van der Waals surface area (Å²) >= 11 is 0. The molecule has 1 N–H and O–H groups in total. The van der Waals surface area contributed by atoms with Gasteiger partial charge in [-0.3, -0.25) is 0 Å². The summed E-state index contributed by atoms with van der Waals surface area (Å²) in [5, 5.41) is 4.38. The Labute approximate surface area is 112 Å². The zero-order valence-corrected chi connectivity index (χ0v) is 15.4. The summed E-state index contributed by atoms with van der Waals surface area (Å²) in [5.74, 6) is 0. The quantitative estimate of drug-likeness (QED) is 0.481. The second-order valence-electron chi connectivity index (χ2n) is 6.44. The van der Waals surface area contributed by atoms with Crippen molar-refractivity contribution in [1.29, 1.82) is 0 Å². The Morgan fingerprint density at radius 2 is 1.18 bits per heavy atom. The minimum Gasteiger partial charge on any atom is -0.427 e. The fourth-order valence-electron chi connectivity index (χ4n) is 1.90. The molecule has 0 bridgehead atoms.